The van der Waals surface area contributed by atoms with Crippen molar-refractivity contribution in [2.75, 3.05) is 11.9 Å². The van der Waals surface area contributed by atoms with Gasteiger partial charge in [0.25, 0.3) is 0 Å². The fraction of sp³-hybridized carbons (Fsp3) is 0.500. The number of halogens is 1. The van der Waals surface area contributed by atoms with Crippen molar-refractivity contribution in [2.45, 2.75) is 56.6 Å². The highest BCUT2D eigenvalue weighted by atomic mass is 32.2. The largest absolute Gasteiger partial charge is 0.477 e. The third kappa shape index (κ3) is 3.23. The average molecular weight is 434 g/mol. The van der Waals surface area contributed by atoms with Gasteiger partial charge in [-0.15, -0.1) is 0 Å². The second-order valence-electron chi connectivity index (χ2n) is 8.41. The molecule has 2 aliphatic carbocycles. The Kier molecular flexibility index (Phi) is 4.49. The van der Waals surface area contributed by atoms with Crippen molar-refractivity contribution in [3.8, 4) is 5.88 Å². The molecular weight excluding hydrogens is 409 g/mol. The van der Waals surface area contributed by atoms with Crippen LogP contribution in [0.15, 0.2) is 17.2 Å². The maximum atomic E-state index is 14.0. The van der Waals surface area contributed by atoms with Gasteiger partial charge >= 0.3 is 6.03 Å². The lowest BCUT2D eigenvalue weighted by Crippen LogP contribution is -2.34. The molecule has 3 atom stereocenters. The number of carbonyl (C=O) groups is 1. The van der Waals surface area contributed by atoms with E-state index in [2.05, 4.69) is 21.2 Å². The number of hydrogen-bond acceptors (Lipinski definition) is 5. The van der Waals surface area contributed by atoms with E-state index in [-0.39, 0.29) is 23.1 Å². The standard InChI is InChI=1S/C20H24FN5O3S/c1-11-9-26-19(29-10-11)17(8-23-26)30(22,28)25-20(27)24-18-15-4-2-3-12(15)5-13-6-14(21)7-16(13)18/h5,8,11,14H,2-4,6-7,9-10H2,1H3,(H3,22,24,25,27,28)/t11-,14+,30?/m0/s1. The molecule has 0 saturated carbocycles. The molecule has 8 nitrogen and oxygen atoms in total. The van der Waals surface area contributed by atoms with Crippen LogP contribution in [0.1, 0.15) is 35.6 Å². The number of nitrogens with one attached hydrogen (secondary N) is 3. The summed E-state index contributed by atoms with van der Waals surface area (Å²) in [6.45, 7) is 3.05. The lowest BCUT2D eigenvalue weighted by Gasteiger charge is -2.22. The number of benzene rings is 1. The van der Waals surface area contributed by atoms with Gasteiger partial charge in [-0.3, -0.25) is 0 Å². The zero-order valence-electron chi connectivity index (χ0n) is 16.7. The summed E-state index contributed by atoms with van der Waals surface area (Å²) in [5, 5.41) is 6.93. The van der Waals surface area contributed by atoms with E-state index in [1.54, 1.807) is 4.68 Å². The van der Waals surface area contributed by atoms with Gasteiger partial charge < -0.3 is 10.1 Å². The molecule has 1 aromatic carbocycles. The van der Waals surface area contributed by atoms with Crippen molar-refractivity contribution in [2.24, 2.45) is 5.92 Å². The van der Waals surface area contributed by atoms with Crippen molar-refractivity contribution < 1.29 is 18.1 Å². The Morgan fingerprint density at radius 1 is 1.33 bits per heavy atom. The van der Waals surface area contributed by atoms with E-state index in [4.69, 9.17) is 9.52 Å². The molecule has 2 heterocycles. The van der Waals surface area contributed by atoms with Gasteiger partial charge in [-0.2, -0.15) is 5.10 Å². The third-order valence-corrected chi connectivity index (χ3v) is 7.37. The van der Waals surface area contributed by atoms with Crippen molar-refractivity contribution in [3.05, 3.63) is 34.5 Å². The van der Waals surface area contributed by atoms with Crippen molar-refractivity contribution in [1.29, 1.82) is 4.78 Å². The van der Waals surface area contributed by atoms with Crippen LogP contribution in [-0.2, 0) is 42.1 Å². The number of anilines is 1. The number of hydrogen-bond donors (Lipinski definition) is 3. The number of aryl methyl sites for hydroxylation is 1. The van der Waals surface area contributed by atoms with E-state index in [0.717, 1.165) is 41.5 Å². The number of rotatable bonds is 3. The first kappa shape index (κ1) is 19.3. The molecule has 0 radical (unpaired) electrons. The molecule has 10 heteroatoms. The summed E-state index contributed by atoms with van der Waals surface area (Å²) in [5.41, 5.74) is 4.52. The number of alkyl halides is 1. The van der Waals surface area contributed by atoms with Crippen LogP contribution in [0.4, 0.5) is 14.9 Å². The van der Waals surface area contributed by atoms with Gasteiger partial charge in [0.1, 0.15) is 11.1 Å². The fourth-order valence-electron chi connectivity index (χ4n) is 4.67. The lowest BCUT2D eigenvalue weighted by molar-refractivity contribution is 0.170. The molecule has 1 aromatic heterocycles. The topological polar surface area (TPSA) is 109 Å². The molecule has 1 aliphatic heterocycles. The summed E-state index contributed by atoms with van der Waals surface area (Å²) in [6, 6.07) is 1.31. The fourth-order valence-corrected chi connectivity index (χ4v) is 5.70. The summed E-state index contributed by atoms with van der Waals surface area (Å²) >= 11 is 0. The third-order valence-electron chi connectivity index (χ3n) is 6.00. The maximum absolute atomic E-state index is 14.0. The molecule has 0 spiro atoms. The van der Waals surface area contributed by atoms with Crippen LogP contribution in [0, 0.1) is 10.7 Å². The Morgan fingerprint density at radius 3 is 3.00 bits per heavy atom. The first-order chi connectivity index (χ1) is 14.3. The molecule has 0 fully saturated rings. The first-order valence-electron chi connectivity index (χ1n) is 10.2. The summed E-state index contributed by atoms with van der Waals surface area (Å²) in [4.78, 5) is 12.8. The number of amides is 2. The molecular formula is C20H24FN5O3S. The second kappa shape index (κ2) is 6.97. The molecule has 1 unspecified atom stereocenters. The number of nitrogens with zero attached hydrogens (tertiary/aromatic N) is 2. The zero-order chi connectivity index (χ0) is 21.0. The van der Waals surface area contributed by atoms with Crippen LogP contribution < -0.4 is 14.8 Å². The highest BCUT2D eigenvalue weighted by molar-refractivity contribution is 7.91. The van der Waals surface area contributed by atoms with Crippen molar-refractivity contribution >= 4 is 21.6 Å². The number of fused-ring (bicyclic) bond motifs is 3. The summed E-state index contributed by atoms with van der Waals surface area (Å²) in [6.07, 6.45) is 3.68. The zero-order valence-corrected chi connectivity index (χ0v) is 17.5. The minimum Gasteiger partial charge on any atom is -0.477 e. The smallest absolute Gasteiger partial charge is 0.331 e. The molecule has 0 bridgehead atoms. The van der Waals surface area contributed by atoms with Crippen LogP contribution in [-0.4, -0.2) is 32.8 Å². The van der Waals surface area contributed by atoms with Gasteiger partial charge in [-0.05, 0) is 41.5 Å². The quantitative estimate of drug-likeness (QED) is 0.691. The van der Waals surface area contributed by atoms with Crippen LogP contribution in [0.5, 0.6) is 5.88 Å². The highest BCUT2D eigenvalue weighted by Crippen LogP contribution is 2.39. The molecule has 3 N–H and O–H groups in total. The van der Waals surface area contributed by atoms with Gasteiger partial charge in [0.05, 0.1) is 19.3 Å². The van der Waals surface area contributed by atoms with E-state index in [1.165, 1.54) is 6.20 Å². The summed E-state index contributed by atoms with van der Waals surface area (Å²) < 4.78 is 44.8. The Morgan fingerprint density at radius 2 is 2.17 bits per heavy atom. The molecule has 2 amide bonds. The van der Waals surface area contributed by atoms with Crippen molar-refractivity contribution in [1.82, 2.24) is 14.5 Å². The predicted octanol–water partition coefficient (Wildman–Crippen LogP) is 2.98. The van der Waals surface area contributed by atoms with E-state index >= 15 is 0 Å². The SMILES string of the molecule is C[C@@H]1COc2c(S(=N)(=O)NC(=O)Nc3c4c(cc5c3C[C@H](F)C5)CCC4)cnn2C1. The number of carbonyl (C=O) groups excluding carboxylic acids is 1. The molecule has 5 rings (SSSR count). The second-order valence-corrected chi connectivity index (χ2v) is 10.2. The highest BCUT2D eigenvalue weighted by Gasteiger charge is 2.31. The van der Waals surface area contributed by atoms with Crippen LogP contribution in [0.2, 0.25) is 0 Å². The Labute approximate surface area is 174 Å². The lowest BCUT2D eigenvalue weighted by atomic mass is 9.99. The molecule has 160 valence electrons. The van der Waals surface area contributed by atoms with Crippen LogP contribution in [0.3, 0.4) is 0 Å². The normalized spacial score (nSPS) is 23.7. The molecule has 30 heavy (non-hydrogen) atoms. The predicted molar refractivity (Wildman–Crippen MR) is 109 cm³/mol. The van der Waals surface area contributed by atoms with Crippen LogP contribution in [0.25, 0.3) is 0 Å². The van der Waals surface area contributed by atoms with E-state index in [9.17, 15) is 13.4 Å². The number of ether oxygens (including phenoxy) is 1. The minimum atomic E-state index is -3.68. The number of aromatic nitrogens is 2. The summed E-state index contributed by atoms with van der Waals surface area (Å²) in [5.74, 6) is 0.514. The van der Waals surface area contributed by atoms with E-state index in [1.807, 2.05) is 6.92 Å². The average Bonchev–Trinajstić information content (AvgIpc) is 3.37. The molecule has 2 aromatic rings. The van der Waals surface area contributed by atoms with Gasteiger partial charge in [-0.1, -0.05) is 13.0 Å². The van der Waals surface area contributed by atoms with E-state index < -0.39 is 22.1 Å². The Bertz CT molecular complexity index is 1140. The van der Waals surface area contributed by atoms with E-state index in [0.29, 0.717) is 25.3 Å². The summed E-state index contributed by atoms with van der Waals surface area (Å²) in [7, 11) is -3.68. The van der Waals surface area contributed by atoms with Crippen molar-refractivity contribution in [3.63, 3.8) is 0 Å². The Balaban J connectivity index is 1.40. The van der Waals surface area contributed by atoms with Crippen LogP contribution >= 0.6 is 0 Å². The van der Waals surface area contributed by atoms with Gasteiger partial charge in [0.15, 0.2) is 9.92 Å². The maximum Gasteiger partial charge on any atom is 0.331 e. The Hall–Kier alpha value is -2.62. The molecule has 0 saturated heterocycles. The molecule has 3 aliphatic rings. The van der Waals surface area contributed by atoms with Gasteiger partial charge in [0.2, 0.25) is 5.88 Å². The number of urea groups is 1. The van der Waals surface area contributed by atoms with Gasteiger partial charge in [0, 0.05) is 24.4 Å². The first-order valence-corrected chi connectivity index (χ1v) is 11.7. The monoisotopic (exact) mass is 433 g/mol. The van der Waals surface area contributed by atoms with Gasteiger partial charge in [-0.25, -0.2) is 27.6 Å². The minimum absolute atomic E-state index is 0.0527.